The number of halogens is 2. The third kappa shape index (κ3) is 3.41. The standard InChI is InChI=1S/C15H13BrFNOS/c1-18(9-11-4-2-3-5-12(11)16)15(19)10-6-7-13(17)14(20)8-10/h2-8,20H,9H2,1H3. The zero-order chi connectivity index (χ0) is 14.7. The molecule has 0 aliphatic rings. The third-order valence-corrected chi connectivity index (χ3v) is 4.02. The predicted molar refractivity (Wildman–Crippen MR) is 83.6 cm³/mol. The Morgan fingerprint density at radius 1 is 1.30 bits per heavy atom. The summed E-state index contributed by atoms with van der Waals surface area (Å²) in [5, 5.41) is 0. The second-order valence-corrected chi connectivity index (χ2v) is 5.75. The van der Waals surface area contributed by atoms with Crippen molar-refractivity contribution in [1.29, 1.82) is 0 Å². The van der Waals surface area contributed by atoms with Crippen molar-refractivity contribution in [3.8, 4) is 0 Å². The van der Waals surface area contributed by atoms with E-state index in [9.17, 15) is 9.18 Å². The average Bonchev–Trinajstić information content (AvgIpc) is 2.43. The van der Waals surface area contributed by atoms with Gasteiger partial charge in [-0.05, 0) is 29.8 Å². The summed E-state index contributed by atoms with van der Waals surface area (Å²) in [6.07, 6.45) is 0. The quantitative estimate of drug-likeness (QED) is 0.821. The van der Waals surface area contributed by atoms with Gasteiger partial charge in [-0.25, -0.2) is 4.39 Å². The summed E-state index contributed by atoms with van der Waals surface area (Å²) in [7, 11) is 1.71. The largest absolute Gasteiger partial charge is 0.337 e. The van der Waals surface area contributed by atoms with Crippen LogP contribution in [-0.2, 0) is 6.54 Å². The third-order valence-electron chi connectivity index (χ3n) is 2.91. The molecule has 104 valence electrons. The lowest BCUT2D eigenvalue weighted by Gasteiger charge is -2.18. The van der Waals surface area contributed by atoms with Crippen LogP contribution < -0.4 is 0 Å². The molecular formula is C15H13BrFNOS. The van der Waals surface area contributed by atoms with Crippen LogP contribution in [0.15, 0.2) is 51.8 Å². The minimum atomic E-state index is -0.432. The van der Waals surface area contributed by atoms with E-state index < -0.39 is 5.82 Å². The second kappa shape index (κ2) is 6.41. The van der Waals surface area contributed by atoms with Gasteiger partial charge in [0.05, 0.1) is 0 Å². The fourth-order valence-corrected chi connectivity index (χ4v) is 2.44. The van der Waals surface area contributed by atoms with E-state index in [0.29, 0.717) is 12.1 Å². The molecule has 20 heavy (non-hydrogen) atoms. The van der Waals surface area contributed by atoms with Crippen molar-refractivity contribution < 1.29 is 9.18 Å². The van der Waals surface area contributed by atoms with E-state index in [1.807, 2.05) is 24.3 Å². The molecule has 2 nitrogen and oxygen atoms in total. The molecule has 0 aliphatic carbocycles. The topological polar surface area (TPSA) is 20.3 Å². The Morgan fingerprint density at radius 2 is 2.00 bits per heavy atom. The molecule has 0 atom stereocenters. The number of rotatable bonds is 3. The summed E-state index contributed by atoms with van der Waals surface area (Å²) in [6.45, 7) is 0.472. The van der Waals surface area contributed by atoms with Gasteiger partial charge in [-0.15, -0.1) is 12.6 Å². The van der Waals surface area contributed by atoms with E-state index >= 15 is 0 Å². The van der Waals surface area contributed by atoms with Crippen molar-refractivity contribution in [3.63, 3.8) is 0 Å². The molecule has 2 aromatic carbocycles. The summed E-state index contributed by atoms with van der Waals surface area (Å²) in [5.41, 5.74) is 1.43. The highest BCUT2D eigenvalue weighted by molar-refractivity contribution is 9.10. The number of nitrogens with zero attached hydrogens (tertiary/aromatic N) is 1. The maximum Gasteiger partial charge on any atom is 0.253 e. The smallest absolute Gasteiger partial charge is 0.253 e. The SMILES string of the molecule is CN(Cc1ccccc1Br)C(=O)c1ccc(F)c(S)c1. The molecule has 0 aliphatic heterocycles. The van der Waals surface area contributed by atoms with E-state index in [2.05, 4.69) is 28.6 Å². The highest BCUT2D eigenvalue weighted by Gasteiger charge is 2.14. The van der Waals surface area contributed by atoms with Crippen LogP contribution >= 0.6 is 28.6 Å². The van der Waals surface area contributed by atoms with E-state index in [-0.39, 0.29) is 10.8 Å². The number of hydrogen-bond acceptors (Lipinski definition) is 2. The Bertz CT molecular complexity index is 648. The van der Waals surface area contributed by atoms with E-state index in [0.717, 1.165) is 10.0 Å². The summed E-state index contributed by atoms with van der Waals surface area (Å²) < 4.78 is 14.1. The highest BCUT2D eigenvalue weighted by atomic mass is 79.9. The van der Waals surface area contributed by atoms with Gasteiger partial charge in [0.15, 0.2) is 0 Å². The molecule has 2 aromatic rings. The molecule has 0 radical (unpaired) electrons. The maximum absolute atomic E-state index is 13.2. The van der Waals surface area contributed by atoms with Crippen molar-refractivity contribution in [3.05, 3.63) is 63.9 Å². The first-order valence-corrected chi connectivity index (χ1v) is 7.20. The molecule has 2 rings (SSSR count). The zero-order valence-electron chi connectivity index (χ0n) is 10.8. The van der Waals surface area contributed by atoms with Gasteiger partial charge in [0.2, 0.25) is 0 Å². The van der Waals surface area contributed by atoms with Gasteiger partial charge in [-0.2, -0.15) is 0 Å². The fraction of sp³-hybridized carbons (Fsp3) is 0.133. The number of amides is 1. The van der Waals surface area contributed by atoms with E-state index in [1.165, 1.54) is 18.2 Å². The number of carbonyl (C=O) groups excluding carboxylic acids is 1. The molecule has 5 heteroatoms. The molecular weight excluding hydrogens is 341 g/mol. The first-order valence-electron chi connectivity index (χ1n) is 5.96. The molecule has 0 unspecified atom stereocenters. The van der Waals surface area contributed by atoms with Crippen LogP contribution in [0.3, 0.4) is 0 Å². The van der Waals surface area contributed by atoms with Crippen LogP contribution in [0, 0.1) is 5.82 Å². The summed E-state index contributed by atoms with van der Waals surface area (Å²) in [5.74, 6) is -0.602. The number of benzene rings is 2. The van der Waals surface area contributed by atoms with Crippen LogP contribution in [0.5, 0.6) is 0 Å². The van der Waals surface area contributed by atoms with Gasteiger partial charge in [0, 0.05) is 28.5 Å². The first-order chi connectivity index (χ1) is 9.49. The number of thiol groups is 1. The second-order valence-electron chi connectivity index (χ2n) is 4.42. The Morgan fingerprint density at radius 3 is 2.65 bits per heavy atom. The van der Waals surface area contributed by atoms with Gasteiger partial charge in [0.1, 0.15) is 5.82 Å². The molecule has 0 N–H and O–H groups in total. The van der Waals surface area contributed by atoms with Crippen molar-refractivity contribution in [1.82, 2.24) is 4.90 Å². The van der Waals surface area contributed by atoms with Crippen LogP contribution in [0.4, 0.5) is 4.39 Å². The summed E-state index contributed by atoms with van der Waals surface area (Å²) in [4.78, 5) is 14.0. The average molecular weight is 354 g/mol. The lowest BCUT2D eigenvalue weighted by molar-refractivity contribution is 0.0784. The van der Waals surface area contributed by atoms with Gasteiger partial charge in [-0.3, -0.25) is 4.79 Å². The number of hydrogen-bond donors (Lipinski definition) is 1. The summed E-state index contributed by atoms with van der Waals surface area (Å²) in [6, 6.07) is 11.9. The molecule has 0 saturated heterocycles. The predicted octanol–water partition coefficient (Wildman–Crippen LogP) is 4.15. The van der Waals surface area contributed by atoms with Crippen molar-refractivity contribution in [2.24, 2.45) is 0 Å². The lowest BCUT2D eigenvalue weighted by Crippen LogP contribution is -2.26. The molecule has 0 fully saturated rings. The molecule has 1 amide bonds. The molecule has 0 saturated carbocycles. The Kier molecular flexibility index (Phi) is 4.83. The summed E-state index contributed by atoms with van der Waals surface area (Å²) >= 11 is 7.44. The monoisotopic (exact) mass is 353 g/mol. The fourth-order valence-electron chi connectivity index (χ4n) is 1.82. The van der Waals surface area contributed by atoms with Crippen molar-refractivity contribution in [2.45, 2.75) is 11.4 Å². The minimum absolute atomic E-state index is 0.170. The van der Waals surface area contributed by atoms with Crippen LogP contribution in [0.25, 0.3) is 0 Å². The lowest BCUT2D eigenvalue weighted by atomic mass is 10.1. The van der Waals surface area contributed by atoms with Gasteiger partial charge in [-0.1, -0.05) is 34.1 Å². The number of carbonyl (C=O) groups is 1. The normalized spacial score (nSPS) is 10.4. The van der Waals surface area contributed by atoms with E-state index in [4.69, 9.17) is 0 Å². The minimum Gasteiger partial charge on any atom is -0.337 e. The first kappa shape index (κ1) is 15.1. The van der Waals surface area contributed by atoms with Crippen LogP contribution in [-0.4, -0.2) is 17.9 Å². The van der Waals surface area contributed by atoms with Gasteiger partial charge >= 0.3 is 0 Å². The molecule has 0 bridgehead atoms. The van der Waals surface area contributed by atoms with Gasteiger partial charge < -0.3 is 4.90 Å². The Balaban J connectivity index is 2.16. The maximum atomic E-state index is 13.2. The molecule has 0 aromatic heterocycles. The molecule has 0 spiro atoms. The molecule has 0 heterocycles. The van der Waals surface area contributed by atoms with Crippen molar-refractivity contribution in [2.75, 3.05) is 7.05 Å². The van der Waals surface area contributed by atoms with Crippen molar-refractivity contribution >= 4 is 34.5 Å². The Hall–Kier alpha value is -1.33. The zero-order valence-corrected chi connectivity index (χ0v) is 13.3. The van der Waals surface area contributed by atoms with Gasteiger partial charge in [0.25, 0.3) is 5.91 Å². The van der Waals surface area contributed by atoms with E-state index in [1.54, 1.807) is 11.9 Å². The highest BCUT2D eigenvalue weighted by Crippen LogP contribution is 2.19. The van der Waals surface area contributed by atoms with Crippen LogP contribution in [0.1, 0.15) is 15.9 Å². The Labute approximate surface area is 131 Å². The van der Waals surface area contributed by atoms with Crippen LogP contribution in [0.2, 0.25) is 0 Å².